The summed E-state index contributed by atoms with van der Waals surface area (Å²) in [6.45, 7) is 0. The van der Waals surface area contributed by atoms with E-state index in [2.05, 4.69) is 15.0 Å². The lowest BCUT2D eigenvalue weighted by molar-refractivity contribution is -0.206. The van der Waals surface area contributed by atoms with E-state index in [1.807, 2.05) is 0 Å². The van der Waals surface area contributed by atoms with Crippen LogP contribution in [0.5, 0.6) is 0 Å². The van der Waals surface area contributed by atoms with Crippen molar-refractivity contribution in [3.8, 4) is 0 Å². The monoisotopic (exact) mass is 347 g/mol. The Kier molecular flexibility index (Phi) is 5.04. The molecule has 1 saturated carbocycles. The highest BCUT2D eigenvalue weighted by Gasteiger charge is 2.50. The number of nitrogen functional groups attached to an aromatic ring is 1. The van der Waals surface area contributed by atoms with Crippen LogP contribution in [0.3, 0.4) is 0 Å². The maximum absolute atomic E-state index is 10.4. The molecule has 0 aromatic carbocycles. The van der Waals surface area contributed by atoms with E-state index < -0.39 is 36.6 Å². The third-order valence-corrected chi connectivity index (χ3v) is 4.05. The van der Waals surface area contributed by atoms with Gasteiger partial charge in [-0.2, -0.15) is 0 Å². The van der Waals surface area contributed by atoms with E-state index in [-0.39, 0.29) is 18.2 Å². The standard InChI is InChI=1S/C12H17N5O5.ClH/c1-22-10-7(19)5(6(18)8(20)9(10)21)17-3-16-4-11(13)14-2-15-12(4)17;/h2-3,5-10,18-21H,1H3,(H2,13,14,15);1H/t5-,6-,7+,8+,9+,10+;/m1./s1. The highest BCUT2D eigenvalue weighted by Crippen LogP contribution is 2.33. The van der Waals surface area contributed by atoms with Gasteiger partial charge in [0.2, 0.25) is 0 Å². The van der Waals surface area contributed by atoms with Crippen molar-refractivity contribution >= 4 is 29.4 Å². The van der Waals surface area contributed by atoms with Crippen molar-refractivity contribution in [3.63, 3.8) is 0 Å². The number of imidazole rings is 1. The van der Waals surface area contributed by atoms with Crippen LogP contribution in [0.4, 0.5) is 5.82 Å². The molecular formula is C12H18ClN5O5. The maximum atomic E-state index is 10.4. The number of nitrogens with zero attached hydrogens (tertiary/aromatic N) is 4. The Morgan fingerprint density at radius 2 is 1.74 bits per heavy atom. The summed E-state index contributed by atoms with van der Waals surface area (Å²) in [5, 5.41) is 40.5. The Morgan fingerprint density at radius 1 is 1.04 bits per heavy atom. The molecule has 11 heteroatoms. The molecule has 2 aromatic rings. The van der Waals surface area contributed by atoms with Crippen LogP contribution in [0.15, 0.2) is 12.7 Å². The number of nitrogens with two attached hydrogens (primary N) is 1. The lowest BCUT2D eigenvalue weighted by atomic mass is 9.83. The minimum atomic E-state index is -1.49. The van der Waals surface area contributed by atoms with E-state index in [4.69, 9.17) is 10.5 Å². The predicted octanol–water partition coefficient (Wildman–Crippen LogP) is -2.16. The summed E-state index contributed by atoms with van der Waals surface area (Å²) in [4.78, 5) is 11.9. The molecule has 0 aliphatic heterocycles. The van der Waals surface area contributed by atoms with Crippen molar-refractivity contribution in [2.45, 2.75) is 36.6 Å². The Bertz CT molecular complexity index is 685. The molecule has 3 rings (SSSR count). The highest BCUT2D eigenvalue weighted by atomic mass is 35.5. The number of rotatable bonds is 2. The Hall–Kier alpha value is -1.56. The fraction of sp³-hybridized carbons (Fsp3) is 0.583. The number of aliphatic hydroxyl groups is 4. The maximum Gasteiger partial charge on any atom is 0.165 e. The van der Waals surface area contributed by atoms with E-state index in [0.29, 0.717) is 11.2 Å². The second-order valence-electron chi connectivity index (χ2n) is 5.24. The van der Waals surface area contributed by atoms with Crippen molar-refractivity contribution in [2.75, 3.05) is 12.8 Å². The van der Waals surface area contributed by atoms with Crippen molar-refractivity contribution in [3.05, 3.63) is 12.7 Å². The SMILES string of the molecule is CO[C@H]1[C@@H](O)[C@H](n2cnc3c(N)ncnc32)[C@@H](O)[C@H](O)[C@@H]1O.Cl. The smallest absolute Gasteiger partial charge is 0.165 e. The summed E-state index contributed by atoms with van der Waals surface area (Å²) < 4.78 is 6.43. The van der Waals surface area contributed by atoms with Gasteiger partial charge in [-0.1, -0.05) is 0 Å². The Balaban J connectivity index is 0.00000192. The number of methoxy groups -OCH3 is 1. The van der Waals surface area contributed by atoms with E-state index in [0.717, 1.165) is 0 Å². The lowest BCUT2D eigenvalue weighted by Gasteiger charge is -2.43. The van der Waals surface area contributed by atoms with Crippen LogP contribution in [0.1, 0.15) is 6.04 Å². The van der Waals surface area contributed by atoms with E-state index in [1.54, 1.807) is 0 Å². The first-order chi connectivity index (χ1) is 10.5. The molecule has 0 radical (unpaired) electrons. The Morgan fingerprint density at radius 3 is 2.39 bits per heavy atom. The molecule has 0 saturated heterocycles. The van der Waals surface area contributed by atoms with Crippen molar-refractivity contribution in [2.24, 2.45) is 0 Å². The summed E-state index contributed by atoms with van der Waals surface area (Å²) >= 11 is 0. The average Bonchev–Trinajstić information content (AvgIpc) is 2.91. The molecule has 6 atom stereocenters. The molecule has 1 aliphatic rings. The van der Waals surface area contributed by atoms with Crippen LogP contribution in [-0.4, -0.2) is 77.6 Å². The van der Waals surface area contributed by atoms with Crippen LogP contribution < -0.4 is 5.73 Å². The summed E-state index contributed by atoms with van der Waals surface area (Å²) in [7, 11) is 1.30. The average molecular weight is 348 g/mol. The third-order valence-electron chi connectivity index (χ3n) is 4.05. The number of hydrogen-bond acceptors (Lipinski definition) is 9. The van der Waals surface area contributed by atoms with Crippen molar-refractivity contribution < 1.29 is 25.2 Å². The first-order valence-corrected chi connectivity index (χ1v) is 6.65. The summed E-state index contributed by atoms with van der Waals surface area (Å²) in [5.74, 6) is 0.160. The number of anilines is 1. The van der Waals surface area contributed by atoms with Crippen LogP contribution >= 0.6 is 12.4 Å². The van der Waals surface area contributed by atoms with Gasteiger partial charge >= 0.3 is 0 Å². The van der Waals surface area contributed by atoms with Gasteiger partial charge < -0.3 is 35.5 Å². The van der Waals surface area contributed by atoms with Gasteiger partial charge in [0.25, 0.3) is 0 Å². The molecule has 2 heterocycles. The molecule has 10 nitrogen and oxygen atoms in total. The molecule has 6 N–H and O–H groups in total. The zero-order chi connectivity index (χ0) is 16.0. The molecule has 0 amide bonds. The van der Waals surface area contributed by atoms with Gasteiger partial charge in [-0.05, 0) is 0 Å². The molecule has 1 fully saturated rings. The second-order valence-corrected chi connectivity index (χ2v) is 5.24. The summed E-state index contributed by atoms with van der Waals surface area (Å²) in [6, 6.07) is -1.01. The first-order valence-electron chi connectivity index (χ1n) is 6.65. The van der Waals surface area contributed by atoms with Crippen LogP contribution in [0, 0.1) is 0 Å². The quantitative estimate of drug-likeness (QED) is 0.407. The van der Waals surface area contributed by atoms with Crippen molar-refractivity contribution in [1.82, 2.24) is 19.5 Å². The second kappa shape index (κ2) is 6.51. The normalized spacial score (nSPS) is 34.3. The van der Waals surface area contributed by atoms with Gasteiger partial charge in [0.15, 0.2) is 11.5 Å². The number of halogens is 1. The zero-order valence-electron chi connectivity index (χ0n) is 12.1. The van der Waals surface area contributed by atoms with Gasteiger partial charge in [-0.3, -0.25) is 0 Å². The molecule has 0 bridgehead atoms. The number of fused-ring (bicyclic) bond motifs is 1. The molecule has 1 aliphatic carbocycles. The number of hydrogen-bond donors (Lipinski definition) is 5. The fourth-order valence-corrected chi connectivity index (χ4v) is 2.89. The molecular weight excluding hydrogens is 330 g/mol. The van der Waals surface area contributed by atoms with Gasteiger partial charge in [0.05, 0.1) is 12.4 Å². The molecule has 128 valence electrons. The topological polar surface area (TPSA) is 160 Å². The van der Waals surface area contributed by atoms with Gasteiger partial charge in [-0.15, -0.1) is 12.4 Å². The van der Waals surface area contributed by atoms with Crippen LogP contribution in [0.25, 0.3) is 11.2 Å². The summed E-state index contributed by atoms with van der Waals surface area (Å²) in [5.41, 5.74) is 6.32. The molecule has 2 aromatic heterocycles. The number of aliphatic hydroxyl groups excluding tert-OH is 4. The molecule has 0 unspecified atom stereocenters. The number of aromatic nitrogens is 4. The van der Waals surface area contributed by atoms with E-state index >= 15 is 0 Å². The summed E-state index contributed by atoms with van der Waals surface area (Å²) in [6.07, 6.45) is -4.13. The van der Waals surface area contributed by atoms with Crippen LogP contribution in [0.2, 0.25) is 0 Å². The lowest BCUT2D eigenvalue weighted by Crippen LogP contribution is -2.61. The third kappa shape index (κ3) is 2.63. The molecule has 23 heavy (non-hydrogen) atoms. The Labute approximate surface area is 137 Å². The first kappa shape index (κ1) is 17.8. The molecule has 0 spiro atoms. The largest absolute Gasteiger partial charge is 0.388 e. The fourth-order valence-electron chi connectivity index (χ4n) is 2.89. The van der Waals surface area contributed by atoms with Gasteiger partial charge in [-0.25, -0.2) is 15.0 Å². The van der Waals surface area contributed by atoms with Gasteiger partial charge in [0.1, 0.15) is 42.4 Å². The van der Waals surface area contributed by atoms with Crippen molar-refractivity contribution in [1.29, 1.82) is 0 Å². The number of ether oxygens (including phenoxy) is 1. The highest BCUT2D eigenvalue weighted by molar-refractivity contribution is 5.85. The zero-order valence-corrected chi connectivity index (χ0v) is 12.9. The van der Waals surface area contributed by atoms with E-state index in [9.17, 15) is 20.4 Å². The van der Waals surface area contributed by atoms with Crippen LogP contribution in [-0.2, 0) is 4.74 Å². The van der Waals surface area contributed by atoms with Gasteiger partial charge in [0, 0.05) is 7.11 Å². The van der Waals surface area contributed by atoms with E-state index in [1.165, 1.54) is 24.3 Å². The predicted molar refractivity (Wildman–Crippen MR) is 80.8 cm³/mol. The minimum Gasteiger partial charge on any atom is -0.388 e. The minimum absolute atomic E-state index is 0.